The average Bonchev–Trinajstić information content (AvgIpc) is 2.19. The fourth-order valence-corrected chi connectivity index (χ4v) is 2.08. The Kier molecular flexibility index (Phi) is 3.93. The van der Waals surface area contributed by atoms with E-state index < -0.39 is 11.4 Å². The molecule has 1 aliphatic heterocycles. The van der Waals surface area contributed by atoms with Gasteiger partial charge in [-0.05, 0) is 25.2 Å². The number of ether oxygens (including phenoxy) is 1. The Hall–Kier alpha value is -0.570. The molecule has 0 saturated carbocycles. The number of rotatable bonds is 4. The lowest BCUT2D eigenvalue weighted by molar-refractivity contribution is -0.159. The third kappa shape index (κ3) is 2.47. The molecule has 0 radical (unpaired) electrons. The molecule has 0 aromatic carbocycles. The van der Waals surface area contributed by atoms with Gasteiger partial charge in [-0.15, -0.1) is 0 Å². The lowest BCUT2D eigenvalue weighted by Gasteiger charge is -2.34. The first kappa shape index (κ1) is 11.5. The van der Waals surface area contributed by atoms with Crippen molar-refractivity contribution in [2.75, 3.05) is 13.2 Å². The monoisotopic (exact) mass is 200 g/mol. The summed E-state index contributed by atoms with van der Waals surface area (Å²) in [6.45, 7) is 5.32. The first-order valence-electron chi connectivity index (χ1n) is 5.42. The SMILES string of the molecule is CCC(C)CC1(C(=O)O)CCCOC1. The van der Waals surface area contributed by atoms with E-state index in [1.165, 1.54) is 0 Å². The fourth-order valence-electron chi connectivity index (χ4n) is 2.08. The van der Waals surface area contributed by atoms with Crippen molar-refractivity contribution in [1.82, 2.24) is 0 Å². The second-order valence-electron chi connectivity index (χ2n) is 4.46. The van der Waals surface area contributed by atoms with Crippen LogP contribution in [-0.2, 0) is 9.53 Å². The highest BCUT2D eigenvalue weighted by Gasteiger charge is 2.41. The topological polar surface area (TPSA) is 46.5 Å². The van der Waals surface area contributed by atoms with Crippen molar-refractivity contribution in [3.05, 3.63) is 0 Å². The van der Waals surface area contributed by atoms with Crippen molar-refractivity contribution >= 4 is 5.97 Å². The Bertz CT molecular complexity index is 195. The zero-order chi connectivity index (χ0) is 10.6. The molecule has 0 aromatic rings. The lowest BCUT2D eigenvalue weighted by Crippen LogP contribution is -2.40. The van der Waals surface area contributed by atoms with Crippen molar-refractivity contribution in [2.45, 2.75) is 39.5 Å². The van der Waals surface area contributed by atoms with E-state index in [0.29, 0.717) is 12.5 Å². The zero-order valence-electron chi connectivity index (χ0n) is 9.08. The van der Waals surface area contributed by atoms with E-state index in [2.05, 4.69) is 13.8 Å². The molecule has 0 amide bonds. The van der Waals surface area contributed by atoms with Gasteiger partial charge in [0.05, 0.1) is 12.0 Å². The van der Waals surface area contributed by atoms with E-state index in [1.807, 2.05) is 0 Å². The van der Waals surface area contributed by atoms with Crippen LogP contribution in [0.2, 0.25) is 0 Å². The van der Waals surface area contributed by atoms with Crippen LogP contribution in [0.1, 0.15) is 39.5 Å². The third-order valence-corrected chi connectivity index (χ3v) is 3.21. The highest BCUT2D eigenvalue weighted by molar-refractivity contribution is 5.74. The summed E-state index contributed by atoms with van der Waals surface area (Å²) in [4.78, 5) is 11.2. The molecule has 1 N–H and O–H groups in total. The predicted molar refractivity (Wildman–Crippen MR) is 54.2 cm³/mol. The van der Waals surface area contributed by atoms with Crippen LogP contribution in [0.3, 0.4) is 0 Å². The van der Waals surface area contributed by atoms with Gasteiger partial charge in [0, 0.05) is 6.61 Å². The molecule has 1 heterocycles. The number of hydrogen-bond donors (Lipinski definition) is 1. The van der Waals surface area contributed by atoms with Crippen LogP contribution in [-0.4, -0.2) is 24.3 Å². The maximum Gasteiger partial charge on any atom is 0.311 e. The van der Waals surface area contributed by atoms with Crippen LogP contribution in [0.4, 0.5) is 0 Å². The lowest BCUT2D eigenvalue weighted by atomic mass is 9.75. The van der Waals surface area contributed by atoms with Crippen molar-refractivity contribution in [3.63, 3.8) is 0 Å². The van der Waals surface area contributed by atoms with Gasteiger partial charge in [0.2, 0.25) is 0 Å². The molecule has 14 heavy (non-hydrogen) atoms. The first-order chi connectivity index (χ1) is 6.60. The Morgan fingerprint density at radius 1 is 1.64 bits per heavy atom. The number of aliphatic carboxylic acids is 1. The highest BCUT2D eigenvalue weighted by Crippen LogP contribution is 2.36. The molecule has 1 rings (SSSR count). The molecule has 0 aliphatic carbocycles. The minimum absolute atomic E-state index is 0.396. The van der Waals surface area contributed by atoms with Gasteiger partial charge in [0.15, 0.2) is 0 Å². The van der Waals surface area contributed by atoms with E-state index in [4.69, 9.17) is 4.74 Å². The standard InChI is InChI=1S/C11H20O3/c1-3-9(2)7-11(10(12)13)5-4-6-14-8-11/h9H,3-8H2,1-2H3,(H,12,13). The number of carboxylic acids is 1. The van der Waals surface area contributed by atoms with Crippen molar-refractivity contribution in [1.29, 1.82) is 0 Å². The van der Waals surface area contributed by atoms with Crippen LogP contribution in [0.25, 0.3) is 0 Å². The quantitative estimate of drug-likeness (QED) is 0.757. The number of carbonyl (C=O) groups is 1. The summed E-state index contributed by atoms with van der Waals surface area (Å²) in [5, 5.41) is 9.25. The molecule has 0 spiro atoms. The Morgan fingerprint density at radius 3 is 2.79 bits per heavy atom. The summed E-state index contributed by atoms with van der Waals surface area (Å²) in [6, 6.07) is 0. The molecule has 1 saturated heterocycles. The summed E-state index contributed by atoms with van der Waals surface area (Å²) in [7, 11) is 0. The maximum atomic E-state index is 11.2. The second-order valence-corrected chi connectivity index (χ2v) is 4.46. The van der Waals surface area contributed by atoms with E-state index in [9.17, 15) is 9.90 Å². The second kappa shape index (κ2) is 4.78. The van der Waals surface area contributed by atoms with E-state index in [0.717, 1.165) is 32.3 Å². The summed E-state index contributed by atoms with van der Waals surface area (Å²) >= 11 is 0. The molecule has 2 atom stereocenters. The van der Waals surface area contributed by atoms with Crippen molar-refractivity contribution in [3.8, 4) is 0 Å². The zero-order valence-corrected chi connectivity index (χ0v) is 9.08. The summed E-state index contributed by atoms with van der Waals surface area (Å²) in [5.74, 6) is -0.217. The Balaban J connectivity index is 2.65. The molecule has 3 nitrogen and oxygen atoms in total. The van der Waals surface area contributed by atoms with Gasteiger partial charge in [-0.1, -0.05) is 20.3 Å². The molecule has 1 fully saturated rings. The minimum atomic E-state index is -0.683. The molecule has 3 heteroatoms. The Labute approximate surface area is 85.5 Å². The van der Waals surface area contributed by atoms with Gasteiger partial charge in [-0.2, -0.15) is 0 Å². The number of hydrogen-bond acceptors (Lipinski definition) is 2. The minimum Gasteiger partial charge on any atom is -0.481 e. The van der Waals surface area contributed by atoms with Crippen molar-refractivity contribution in [2.24, 2.45) is 11.3 Å². The molecular formula is C11H20O3. The first-order valence-corrected chi connectivity index (χ1v) is 5.42. The van der Waals surface area contributed by atoms with E-state index >= 15 is 0 Å². The van der Waals surface area contributed by atoms with Gasteiger partial charge in [-0.25, -0.2) is 0 Å². The van der Waals surface area contributed by atoms with E-state index in [-0.39, 0.29) is 0 Å². The molecule has 0 aromatic heterocycles. The average molecular weight is 200 g/mol. The van der Waals surface area contributed by atoms with Gasteiger partial charge in [0.25, 0.3) is 0 Å². The largest absolute Gasteiger partial charge is 0.481 e. The normalized spacial score (nSPS) is 29.9. The smallest absolute Gasteiger partial charge is 0.311 e. The predicted octanol–water partition coefficient (Wildman–Crippen LogP) is 2.30. The summed E-state index contributed by atoms with van der Waals surface area (Å²) in [6.07, 6.45) is 3.43. The molecule has 2 unspecified atom stereocenters. The van der Waals surface area contributed by atoms with Crippen LogP contribution in [0.15, 0.2) is 0 Å². The van der Waals surface area contributed by atoms with Gasteiger partial charge < -0.3 is 9.84 Å². The van der Waals surface area contributed by atoms with Crippen LogP contribution < -0.4 is 0 Å². The third-order valence-electron chi connectivity index (χ3n) is 3.21. The summed E-state index contributed by atoms with van der Waals surface area (Å²) < 4.78 is 5.31. The Morgan fingerprint density at radius 2 is 2.36 bits per heavy atom. The highest BCUT2D eigenvalue weighted by atomic mass is 16.5. The molecule has 0 bridgehead atoms. The van der Waals surface area contributed by atoms with Crippen molar-refractivity contribution < 1.29 is 14.6 Å². The number of carboxylic acid groups (broad SMARTS) is 1. The van der Waals surface area contributed by atoms with E-state index in [1.54, 1.807) is 0 Å². The van der Waals surface area contributed by atoms with Gasteiger partial charge in [-0.3, -0.25) is 4.79 Å². The van der Waals surface area contributed by atoms with Crippen LogP contribution in [0.5, 0.6) is 0 Å². The van der Waals surface area contributed by atoms with Crippen LogP contribution in [0, 0.1) is 11.3 Å². The molecule has 1 aliphatic rings. The maximum absolute atomic E-state index is 11.2. The van der Waals surface area contributed by atoms with Crippen LogP contribution >= 0.6 is 0 Å². The molecule has 82 valence electrons. The fraction of sp³-hybridized carbons (Fsp3) is 0.909. The summed E-state index contributed by atoms with van der Waals surface area (Å²) in [5.41, 5.74) is -0.603. The van der Waals surface area contributed by atoms with Gasteiger partial charge >= 0.3 is 5.97 Å². The molecular weight excluding hydrogens is 180 g/mol. The van der Waals surface area contributed by atoms with Gasteiger partial charge in [0.1, 0.15) is 0 Å².